The molecule has 0 bridgehead atoms. The molecule has 0 spiro atoms. The minimum atomic E-state index is -0.327. The zero-order chi connectivity index (χ0) is 14.8. The second kappa shape index (κ2) is 5.85. The summed E-state index contributed by atoms with van der Waals surface area (Å²) in [6.07, 6.45) is 3.47. The number of nitro groups is 1. The first kappa shape index (κ1) is 14.9. The van der Waals surface area contributed by atoms with Gasteiger partial charge < -0.3 is 10.1 Å². The lowest BCUT2D eigenvalue weighted by molar-refractivity contribution is -0.386. The van der Waals surface area contributed by atoms with Crippen LogP contribution in [0.3, 0.4) is 0 Å². The fraction of sp³-hybridized carbons (Fsp3) is 0.643. The van der Waals surface area contributed by atoms with Crippen LogP contribution in [-0.2, 0) is 11.3 Å². The molecule has 2 rings (SSSR count). The van der Waals surface area contributed by atoms with E-state index in [1.807, 2.05) is 0 Å². The fourth-order valence-electron chi connectivity index (χ4n) is 2.52. The first-order valence-corrected chi connectivity index (χ1v) is 6.85. The van der Waals surface area contributed by atoms with E-state index in [0.717, 1.165) is 31.7 Å². The molecule has 20 heavy (non-hydrogen) atoms. The van der Waals surface area contributed by atoms with Crippen molar-refractivity contribution in [2.24, 2.45) is 0 Å². The first-order valence-electron chi connectivity index (χ1n) is 6.85. The van der Waals surface area contributed by atoms with E-state index in [2.05, 4.69) is 17.2 Å². The SMILES string of the molecule is Cc1cnc(CNC2(C)CCOCC2)c(C)c1[N+](=O)[O-]. The molecule has 1 N–H and O–H groups in total. The van der Waals surface area contributed by atoms with Gasteiger partial charge in [-0.05, 0) is 33.6 Å². The van der Waals surface area contributed by atoms with E-state index in [0.29, 0.717) is 17.7 Å². The fourth-order valence-corrected chi connectivity index (χ4v) is 2.52. The Morgan fingerprint density at radius 1 is 1.45 bits per heavy atom. The Hall–Kier alpha value is -1.53. The molecular formula is C14H21N3O3. The second-order valence-corrected chi connectivity index (χ2v) is 5.65. The third kappa shape index (κ3) is 3.13. The van der Waals surface area contributed by atoms with E-state index < -0.39 is 0 Å². The van der Waals surface area contributed by atoms with Crippen LogP contribution in [0.15, 0.2) is 6.20 Å². The van der Waals surface area contributed by atoms with Gasteiger partial charge in [0.05, 0.1) is 10.6 Å². The number of hydrogen-bond acceptors (Lipinski definition) is 5. The van der Waals surface area contributed by atoms with Crippen molar-refractivity contribution >= 4 is 5.69 Å². The molecule has 0 atom stereocenters. The number of rotatable bonds is 4. The Morgan fingerprint density at radius 3 is 2.70 bits per heavy atom. The lowest BCUT2D eigenvalue weighted by Gasteiger charge is -2.34. The molecule has 0 aliphatic carbocycles. The summed E-state index contributed by atoms with van der Waals surface area (Å²) in [4.78, 5) is 15.1. The number of hydrogen-bond donors (Lipinski definition) is 1. The quantitative estimate of drug-likeness (QED) is 0.675. The molecular weight excluding hydrogens is 258 g/mol. The van der Waals surface area contributed by atoms with Gasteiger partial charge in [0.2, 0.25) is 0 Å². The number of aryl methyl sites for hydroxylation is 1. The summed E-state index contributed by atoms with van der Waals surface area (Å²) < 4.78 is 5.36. The van der Waals surface area contributed by atoms with Crippen LogP contribution in [0.1, 0.15) is 36.6 Å². The van der Waals surface area contributed by atoms with Crippen molar-refractivity contribution in [2.45, 2.75) is 45.7 Å². The summed E-state index contributed by atoms with van der Waals surface area (Å²) in [6.45, 7) is 7.70. The monoisotopic (exact) mass is 279 g/mol. The smallest absolute Gasteiger partial charge is 0.278 e. The van der Waals surface area contributed by atoms with Gasteiger partial charge in [-0.1, -0.05) is 0 Å². The largest absolute Gasteiger partial charge is 0.381 e. The van der Waals surface area contributed by atoms with E-state index >= 15 is 0 Å². The zero-order valence-corrected chi connectivity index (χ0v) is 12.2. The third-order valence-electron chi connectivity index (χ3n) is 4.04. The van der Waals surface area contributed by atoms with Crippen molar-refractivity contribution in [3.63, 3.8) is 0 Å². The van der Waals surface area contributed by atoms with E-state index in [1.165, 1.54) is 0 Å². The van der Waals surface area contributed by atoms with Crippen LogP contribution in [0.2, 0.25) is 0 Å². The highest BCUT2D eigenvalue weighted by atomic mass is 16.6. The highest BCUT2D eigenvalue weighted by Crippen LogP contribution is 2.25. The average molecular weight is 279 g/mol. The van der Waals surface area contributed by atoms with Crippen LogP contribution in [-0.4, -0.2) is 28.7 Å². The molecule has 1 saturated heterocycles. The highest BCUT2D eigenvalue weighted by Gasteiger charge is 2.27. The second-order valence-electron chi connectivity index (χ2n) is 5.65. The van der Waals surface area contributed by atoms with Gasteiger partial charge in [-0.25, -0.2) is 0 Å². The van der Waals surface area contributed by atoms with Crippen molar-refractivity contribution in [1.29, 1.82) is 0 Å². The van der Waals surface area contributed by atoms with Crippen LogP contribution >= 0.6 is 0 Å². The lowest BCUT2D eigenvalue weighted by atomic mass is 9.92. The molecule has 6 nitrogen and oxygen atoms in total. The summed E-state index contributed by atoms with van der Waals surface area (Å²) in [6, 6.07) is 0. The molecule has 6 heteroatoms. The Kier molecular flexibility index (Phi) is 4.35. The van der Waals surface area contributed by atoms with Crippen LogP contribution in [0, 0.1) is 24.0 Å². The van der Waals surface area contributed by atoms with Crippen molar-refractivity contribution < 1.29 is 9.66 Å². The Balaban J connectivity index is 2.14. The molecule has 0 unspecified atom stereocenters. The van der Waals surface area contributed by atoms with E-state index in [1.54, 1.807) is 20.0 Å². The minimum Gasteiger partial charge on any atom is -0.381 e. The predicted octanol–water partition coefficient (Wildman–Crippen LogP) is 2.27. The van der Waals surface area contributed by atoms with E-state index in [4.69, 9.17) is 4.74 Å². The summed E-state index contributed by atoms with van der Waals surface area (Å²) >= 11 is 0. The maximum atomic E-state index is 11.1. The lowest BCUT2D eigenvalue weighted by Crippen LogP contribution is -2.46. The molecule has 0 aromatic carbocycles. The number of ether oxygens (including phenoxy) is 1. The van der Waals surface area contributed by atoms with Crippen molar-refractivity contribution in [2.75, 3.05) is 13.2 Å². The Bertz CT molecular complexity index is 511. The number of pyridine rings is 1. The maximum absolute atomic E-state index is 11.1. The first-order chi connectivity index (χ1) is 9.43. The number of aromatic nitrogens is 1. The van der Waals surface area contributed by atoms with E-state index in [-0.39, 0.29) is 16.1 Å². The average Bonchev–Trinajstić information content (AvgIpc) is 2.38. The number of nitrogens with zero attached hydrogens (tertiary/aromatic N) is 2. The highest BCUT2D eigenvalue weighted by molar-refractivity contribution is 5.47. The molecule has 2 heterocycles. The molecule has 0 saturated carbocycles. The van der Waals surface area contributed by atoms with Gasteiger partial charge in [-0.15, -0.1) is 0 Å². The van der Waals surface area contributed by atoms with Crippen molar-refractivity contribution in [3.05, 3.63) is 33.1 Å². The standard InChI is InChI=1S/C14H21N3O3/c1-10-8-15-12(11(2)13(10)17(18)19)9-16-14(3)4-6-20-7-5-14/h8,16H,4-7,9H2,1-3H3. The molecule has 1 aromatic rings. The molecule has 110 valence electrons. The van der Waals surface area contributed by atoms with E-state index in [9.17, 15) is 10.1 Å². The molecule has 0 radical (unpaired) electrons. The molecule has 1 fully saturated rings. The summed E-state index contributed by atoms with van der Waals surface area (Å²) in [5, 5.41) is 14.6. The summed E-state index contributed by atoms with van der Waals surface area (Å²) in [5.41, 5.74) is 2.20. The minimum absolute atomic E-state index is 0.0199. The van der Waals surface area contributed by atoms with Gasteiger partial charge >= 0.3 is 0 Å². The van der Waals surface area contributed by atoms with Gasteiger partial charge in [0.1, 0.15) is 0 Å². The number of nitrogens with one attached hydrogen (secondary N) is 1. The molecule has 0 amide bonds. The zero-order valence-electron chi connectivity index (χ0n) is 12.2. The van der Waals surface area contributed by atoms with Crippen LogP contribution in [0.5, 0.6) is 0 Å². The van der Waals surface area contributed by atoms with Crippen LogP contribution in [0.25, 0.3) is 0 Å². The van der Waals surface area contributed by atoms with Gasteiger partial charge in [0.25, 0.3) is 5.69 Å². The Morgan fingerprint density at radius 2 is 2.10 bits per heavy atom. The summed E-state index contributed by atoms with van der Waals surface area (Å²) in [5.74, 6) is 0. The third-order valence-corrected chi connectivity index (χ3v) is 4.04. The van der Waals surface area contributed by atoms with Crippen molar-refractivity contribution in [1.82, 2.24) is 10.3 Å². The van der Waals surface area contributed by atoms with Crippen LogP contribution in [0.4, 0.5) is 5.69 Å². The van der Waals surface area contributed by atoms with Gasteiger partial charge in [-0.2, -0.15) is 0 Å². The molecule has 1 aromatic heterocycles. The predicted molar refractivity (Wildman–Crippen MR) is 75.7 cm³/mol. The van der Waals surface area contributed by atoms with Crippen LogP contribution < -0.4 is 5.32 Å². The molecule has 1 aliphatic heterocycles. The maximum Gasteiger partial charge on any atom is 0.278 e. The molecule has 1 aliphatic rings. The van der Waals surface area contributed by atoms with Gasteiger partial charge in [-0.3, -0.25) is 15.1 Å². The summed E-state index contributed by atoms with van der Waals surface area (Å²) in [7, 11) is 0. The van der Waals surface area contributed by atoms with Gasteiger partial charge in [0.15, 0.2) is 0 Å². The Labute approximate surface area is 118 Å². The van der Waals surface area contributed by atoms with Gasteiger partial charge in [0, 0.05) is 42.6 Å². The normalized spacial score (nSPS) is 17.9. The topological polar surface area (TPSA) is 77.3 Å². The van der Waals surface area contributed by atoms with Crippen molar-refractivity contribution in [3.8, 4) is 0 Å².